The number of hydrogen-bond donors (Lipinski definition) is 1. The van der Waals surface area contributed by atoms with E-state index < -0.39 is 5.97 Å². The first-order chi connectivity index (χ1) is 12.5. The summed E-state index contributed by atoms with van der Waals surface area (Å²) in [5.74, 6) is 0.530. The fourth-order valence-corrected chi connectivity index (χ4v) is 3.18. The van der Waals surface area contributed by atoms with Gasteiger partial charge in [-0.05, 0) is 24.7 Å². The molecule has 1 amide bonds. The zero-order valence-electron chi connectivity index (χ0n) is 14.8. The lowest BCUT2D eigenvalue weighted by Gasteiger charge is -2.34. The van der Waals surface area contributed by atoms with Gasteiger partial charge in [-0.15, -0.1) is 0 Å². The molecular formula is C18H24N2O6. The van der Waals surface area contributed by atoms with Crippen LogP contribution in [-0.2, 0) is 20.7 Å². The number of morpholine rings is 1. The van der Waals surface area contributed by atoms with Gasteiger partial charge in [0.1, 0.15) is 13.2 Å². The van der Waals surface area contributed by atoms with Crippen LogP contribution < -0.4 is 9.47 Å². The summed E-state index contributed by atoms with van der Waals surface area (Å²) < 4.78 is 16.7. The van der Waals surface area contributed by atoms with Gasteiger partial charge in [-0.3, -0.25) is 14.5 Å². The van der Waals surface area contributed by atoms with Crippen molar-refractivity contribution < 1.29 is 28.9 Å². The maximum atomic E-state index is 12.6. The molecule has 8 heteroatoms. The fraction of sp³-hybridized carbons (Fsp3) is 0.556. The zero-order valence-corrected chi connectivity index (χ0v) is 14.8. The fourth-order valence-electron chi connectivity index (χ4n) is 3.18. The molecule has 1 unspecified atom stereocenters. The molecule has 1 fully saturated rings. The van der Waals surface area contributed by atoms with E-state index in [1.54, 1.807) is 16.8 Å². The van der Waals surface area contributed by atoms with Gasteiger partial charge in [0.15, 0.2) is 11.5 Å². The summed E-state index contributed by atoms with van der Waals surface area (Å²) in [5, 5.41) is 8.84. The van der Waals surface area contributed by atoms with Gasteiger partial charge < -0.3 is 24.2 Å². The van der Waals surface area contributed by atoms with E-state index in [4.69, 9.17) is 19.3 Å². The van der Waals surface area contributed by atoms with Gasteiger partial charge in [-0.2, -0.15) is 0 Å². The van der Waals surface area contributed by atoms with Gasteiger partial charge in [-0.1, -0.05) is 6.07 Å². The quantitative estimate of drug-likeness (QED) is 0.774. The van der Waals surface area contributed by atoms with Crippen molar-refractivity contribution in [2.24, 2.45) is 0 Å². The molecule has 2 aliphatic heterocycles. The molecule has 142 valence electrons. The van der Waals surface area contributed by atoms with Crippen molar-refractivity contribution in [2.45, 2.75) is 12.5 Å². The number of carbonyl (C=O) groups is 2. The average Bonchev–Trinajstić information content (AvgIpc) is 2.61. The number of carboxylic acids is 1. The summed E-state index contributed by atoms with van der Waals surface area (Å²) in [5.41, 5.74) is 0.880. The van der Waals surface area contributed by atoms with Crippen LogP contribution >= 0.6 is 0 Å². The molecule has 0 saturated carbocycles. The van der Waals surface area contributed by atoms with Gasteiger partial charge in [0.05, 0.1) is 25.7 Å². The van der Waals surface area contributed by atoms with Crippen LogP contribution in [0, 0.1) is 0 Å². The Morgan fingerprint density at radius 2 is 2.00 bits per heavy atom. The third-order valence-corrected chi connectivity index (χ3v) is 4.37. The summed E-state index contributed by atoms with van der Waals surface area (Å²) in [7, 11) is 1.73. The van der Waals surface area contributed by atoms with Crippen LogP contribution in [0.15, 0.2) is 18.2 Å². The van der Waals surface area contributed by atoms with E-state index >= 15 is 0 Å². The van der Waals surface area contributed by atoms with Crippen molar-refractivity contribution in [3.05, 3.63) is 23.8 Å². The molecule has 0 spiro atoms. The Labute approximate surface area is 152 Å². The minimum Gasteiger partial charge on any atom is -0.486 e. The zero-order chi connectivity index (χ0) is 18.5. The van der Waals surface area contributed by atoms with Gasteiger partial charge in [0, 0.05) is 19.6 Å². The maximum absolute atomic E-state index is 12.6. The third-order valence-electron chi connectivity index (χ3n) is 4.37. The highest BCUT2D eigenvalue weighted by atomic mass is 16.6. The average molecular weight is 364 g/mol. The lowest BCUT2D eigenvalue weighted by Crippen LogP contribution is -2.50. The monoisotopic (exact) mass is 364 g/mol. The summed E-state index contributed by atoms with van der Waals surface area (Å²) in [4.78, 5) is 26.9. The highest BCUT2D eigenvalue weighted by Gasteiger charge is 2.26. The van der Waals surface area contributed by atoms with E-state index in [2.05, 4.69) is 0 Å². The van der Waals surface area contributed by atoms with Gasteiger partial charge in [-0.25, -0.2) is 0 Å². The van der Waals surface area contributed by atoms with Crippen LogP contribution in [0.4, 0.5) is 0 Å². The Bertz CT molecular complexity index is 665. The number of hydrogen-bond acceptors (Lipinski definition) is 6. The van der Waals surface area contributed by atoms with E-state index in [0.29, 0.717) is 51.0 Å². The Morgan fingerprint density at radius 1 is 1.23 bits per heavy atom. The first kappa shape index (κ1) is 18.5. The topological polar surface area (TPSA) is 88.5 Å². The minimum absolute atomic E-state index is 0.0239. The Kier molecular flexibility index (Phi) is 5.95. The number of amides is 1. The molecule has 1 aromatic rings. The van der Waals surface area contributed by atoms with E-state index in [9.17, 15) is 9.59 Å². The van der Waals surface area contributed by atoms with Crippen molar-refractivity contribution in [1.82, 2.24) is 9.80 Å². The molecule has 1 saturated heterocycles. The smallest absolute Gasteiger partial charge is 0.317 e. The molecule has 1 aromatic carbocycles. The molecule has 0 aromatic heterocycles. The molecular weight excluding hydrogens is 340 g/mol. The molecule has 0 bridgehead atoms. The maximum Gasteiger partial charge on any atom is 0.317 e. The first-order valence-corrected chi connectivity index (χ1v) is 8.69. The standard InChI is InChI=1S/C18H24N2O6/c1-19(12-18(22)23)10-14-11-20(4-5-24-14)17(21)9-13-2-3-15-16(8-13)26-7-6-25-15/h2-3,8,14H,4-7,9-12H2,1H3,(H,22,23). The molecule has 1 N–H and O–H groups in total. The number of likely N-dealkylation sites (N-methyl/N-ethyl adjacent to an activating group) is 1. The number of carboxylic acid groups (broad SMARTS) is 1. The highest BCUT2D eigenvalue weighted by molar-refractivity contribution is 5.79. The second-order valence-corrected chi connectivity index (χ2v) is 6.58. The van der Waals surface area contributed by atoms with Crippen LogP contribution in [0.1, 0.15) is 5.56 Å². The number of aliphatic carboxylic acids is 1. The number of ether oxygens (including phenoxy) is 3. The van der Waals surface area contributed by atoms with E-state index in [-0.39, 0.29) is 25.0 Å². The van der Waals surface area contributed by atoms with Crippen molar-refractivity contribution in [1.29, 1.82) is 0 Å². The summed E-state index contributed by atoms with van der Waals surface area (Å²) in [6.07, 6.45) is 0.103. The summed E-state index contributed by atoms with van der Waals surface area (Å²) >= 11 is 0. The SMILES string of the molecule is CN(CC(=O)O)CC1CN(C(=O)Cc2ccc3c(c2)OCCO3)CCO1. The summed E-state index contributed by atoms with van der Waals surface area (Å²) in [6, 6.07) is 5.56. The number of carbonyl (C=O) groups excluding carboxylic acids is 1. The second kappa shape index (κ2) is 8.37. The first-order valence-electron chi connectivity index (χ1n) is 8.69. The van der Waals surface area contributed by atoms with Crippen molar-refractivity contribution >= 4 is 11.9 Å². The molecule has 3 rings (SSSR count). The Hall–Kier alpha value is -2.32. The van der Waals surface area contributed by atoms with Gasteiger partial charge in [0.2, 0.25) is 5.91 Å². The third kappa shape index (κ3) is 4.86. The van der Waals surface area contributed by atoms with Crippen LogP contribution in [0.5, 0.6) is 11.5 Å². The van der Waals surface area contributed by atoms with Crippen LogP contribution in [-0.4, -0.2) is 85.9 Å². The van der Waals surface area contributed by atoms with E-state index in [0.717, 1.165) is 5.56 Å². The largest absolute Gasteiger partial charge is 0.486 e. The predicted octanol–water partition coefficient (Wildman–Crippen LogP) is 0.244. The van der Waals surface area contributed by atoms with Gasteiger partial charge in [0.25, 0.3) is 0 Å². The molecule has 2 heterocycles. The van der Waals surface area contributed by atoms with Crippen molar-refractivity contribution in [2.75, 3.05) is 53.0 Å². The Morgan fingerprint density at radius 3 is 2.77 bits per heavy atom. The number of benzene rings is 1. The van der Waals surface area contributed by atoms with Crippen molar-refractivity contribution in [3.8, 4) is 11.5 Å². The van der Waals surface area contributed by atoms with Crippen LogP contribution in [0.25, 0.3) is 0 Å². The molecule has 26 heavy (non-hydrogen) atoms. The van der Waals surface area contributed by atoms with Crippen LogP contribution in [0.3, 0.4) is 0 Å². The molecule has 0 radical (unpaired) electrons. The van der Waals surface area contributed by atoms with Crippen molar-refractivity contribution in [3.63, 3.8) is 0 Å². The van der Waals surface area contributed by atoms with Gasteiger partial charge >= 0.3 is 5.97 Å². The Balaban J connectivity index is 1.55. The number of nitrogens with zero attached hydrogens (tertiary/aromatic N) is 2. The summed E-state index contributed by atoms with van der Waals surface area (Å²) in [6.45, 7) is 2.94. The number of rotatable bonds is 6. The minimum atomic E-state index is -0.880. The predicted molar refractivity (Wildman–Crippen MR) is 92.6 cm³/mol. The second-order valence-electron chi connectivity index (χ2n) is 6.58. The molecule has 2 aliphatic rings. The molecule has 1 atom stereocenters. The van der Waals surface area contributed by atoms with E-state index in [1.165, 1.54) is 0 Å². The normalized spacial score (nSPS) is 19.5. The lowest BCUT2D eigenvalue weighted by atomic mass is 10.1. The lowest BCUT2D eigenvalue weighted by molar-refractivity contribution is -0.142. The van der Waals surface area contributed by atoms with Crippen LogP contribution in [0.2, 0.25) is 0 Å². The molecule has 0 aliphatic carbocycles. The highest BCUT2D eigenvalue weighted by Crippen LogP contribution is 2.31. The molecule has 8 nitrogen and oxygen atoms in total. The van der Waals surface area contributed by atoms with E-state index in [1.807, 2.05) is 18.2 Å². The number of fused-ring (bicyclic) bond motifs is 1.